The Bertz CT molecular complexity index is 1170. The van der Waals surface area contributed by atoms with Crippen molar-refractivity contribution in [2.75, 3.05) is 45.3 Å². The van der Waals surface area contributed by atoms with Gasteiger partial charge in [-0.3, -0.25) is 0 Å². The molecule has 4 rings (SSSR count). The first-order chi connectivity index (χ1) is 15.4. The molecular weight excluding hydrogens is 470 g/mol. The van der Waals surface area contributed by atoms with Crippen LogP contribution in [-0.2, 0) is 16.4 Å². The van der Waals surface area contributed by atoms with Crippen molar-refractivity contribution < 1.29 is 17.9 Å². The first-order valence-corrected chi connectivity index (χ1v) is 12.8. The van der Waals surface area contributed by atoms with Gasteiger partial charge in [0.15, 0.2) is 5.13 Å². The van der Waals surface area contributed by atoms with Crippen molar-refractivity contribution >= 4 is 38.1 Å². The van der Waals surface area contributed by atoms with Crippen LogP contribution in [-0.4, -0.2) is 58.1 Å². The fourth-order valence-electron chi connectivity index (χ4n) is 3.58. The van der Waals surface area contributed by atoms with E-state index in [0.717, 1.165) is 22.8 Å². The molecule has 32 heavy (non-hydrogen) atoms. The normalized spacial score (nSPS) is 15.0. The van der Waals surface area contributed by atoms with Crippen molar-refractivity contribution in [2.24, 2.45) is 0 Å². The molecule has 2 heterocycles. The van der Waals surface area contributed by atoms with Gasteiger partial charge < -0.3 is 14.4 Å². The predicted molar refractivity (Wildman–Crippen MR) is 127 cm³/mol. The second-order valence-corrected chi connectivity index (χ2v) is 10.5. The number of nitrogens with zero attached hydrogens (tertiary/aromatic N) is 3. The number of piperazine rings is 1. The van der Waals surface area contributed by atoms with E-state index in [1.807, 2.05) is 24.3 Å². The number of methoxy groups -OCH3 is 2. The van der Waals surface area contributed by atoms with Gasteiger partial charge in [0.1, 0.15) is 16.4 Å². The van der Waals surface area contributed by atoms with Gasteiger partial charge in [0.2, 0.25) is 10.0 Å². The molecule has 0 spiro atoms. The molecule has 0 atom stereocenters. The summed E-state index contributed by atoms with van der Waals surface area (Å²) in [7, 11) is -0.692. The van der Waals surface area contributed by atoms with Crippen LogP contribution in [0.2, 0.25) is 5.02 Å². The van der Waals surface area contributed by atoms with E-state index in [-0.39, 0.29) is 10.6 Å². The Labute approximate surface area is 197 Å². The molecule has 2 aromatic carbocycles. The average molecular weight is 494 g/mol. The molecule has 0 N–H and O–H groups in total. The van der Waals surface area contributed by atoms with E-state index in [9.17, 15) is 8.42 Å². The van der Waals surface area contributed by atoms with Gasteiger partial charge in [-0.2, -0.15) is 4.31 Å². The predicted octanol–water partition coefficient (Wildman–Crippen LogP) is 3.92. The van der Waals surface area contributed by atoms with E-state index in [0.29, 0.717) is 37.0 Å². The van der Waals surface area contributed by atoms with Crippen LogP contribution in [0.4, 0.5) is 5.13 Å². The number of rotatable bonds is 7. The van der Waals surface area contributed by atoms with Crippen LogP contribution >= 0.6 is 22.9 Å². The van der Waals surface area contributed by atoms with Gasteiger partial charge in [0.25, 0.3) is 0 Å². The topological polar surface area (TPSA) is 72.0 Å². The van der Waals surface area contributed by atoms with Crippen molar-refractivity contribution in [2.45, 2.75) is 11.3 Å². The highest BCUT2D eigenvalue weighted by molar-refractivity contribution is 7.89. The lowest BCUT2D eigenvalue weighted by Gasteiger charge is -2.34. The van der Waals surface area contributed by atoms with E-state index in [4.69, 9.17) is 26.1 Å². The molecule has 0 aliphatic carbocycles. The van der Waals surface area contributed by atoms with Crippen LogP contribution in [0.1, 0.15) is 11.3 Å². The third kappa shape index (κ3) is 4.85. The number of sulfonamides is 1. The number of ether oxygens (including phenoxy) is 2. The zero-order chi connectivity index (χ0) is 22.7. The smallest absolute Gasteiger partial charge is 0.246 e. The zero-order valence-electron chi connectivity index (χ0n) is 17.8. The van der Waals surface area contributed by atoms with E-state index in [2.05, 4.69) is 10.3 Å². The molecule has 3 aromatic rings. The number of halogens is 1. The Morgan fingerprint density at radius 3 is 2.41 bits per heavy atom. The Morgan fingerprint density at radius 2 is 1.75 bits per heavy atom. The zero-order valence-corrected chi connectivity index (χ0v) is 20.2. The maximum absolute atomic E-state index is 13.2. The second-order valence-electron chi connectivity index (χ2n) is 7.33. The molecule has 1 aliphatic heterocycles. The molecule has 1 saturated heterocycles. The van der Waals surface area contributed by atoms with Crippen molar-refractivity contribution in [3.63, 3.8) is 0 Å². The second kappa shape index (κ2) is 9.66. The van der Waals surface area contributed by atoms with Gasteiger partial charge in [-0.1, -0.05) is 23.7 Å². The number of anilines is 1. The summed E-state index contributed by atoms with van der Waals surface area (Å²) in [4.78, 5) is 7.03. The molecule has 10 heteroatoms. The summed E-state index contributed by atoms with van der Waals surface area (Å²) in [5, 5.41) is 3.68. The van der Waals surface area contributed by atoms with E-state index in [1.54, 1.807) is 23.5 Å². The van der Waals surface area contributed by atoms with E-state index < -0.39 is 10.0 Å². The lowest BCUT2D eigenvalue weighted by atomic mass is 10.1. The van der Waals surface area contributed by atoms with Crippen LogP contribution in [0, 0.1) is 0 Å². The van der Waals surface area contributed by atoms with Crippen LogP contribution in [0.25, 0.3) is 0 Å². The highest BCUT2D eigenvalue weighted by atomic mass is 35.5. The third-order valence-electron chi connectivity index (χ3n) is 5.34. The molecule has 1 fully saturated rings. The van der Waals surface area contributed by atoms with E-state index >= 15 is 0 Å². The van der Waals surface area contributed by atoms with Crippen molar-refractivity contribution in [3.8, 4) is 11.5 Å². The number of hydrogen-bond acceptors (Lipinski definition) is 7. The standard InChI is InChI=1S/C22H24ClN3O4S2/c1-29-19-7-8-21(20(14-19)30-2)32(27,28)26-11-9-25(10-12-26)22-24-18(15-31-22)13-16-3-5-17(23)6-4-16/h3-8,14-15H,9-13H2,1-2H3. The van der Waals surface area contributed by atoms with E-state index in [1.165, 1.54) is 24.6 Å². The largest absolute Gasteiger partial charge is 0.497 e. The number of benzene rings is 2. The summed E-state index contributed by atoms with van der Waals surface area (Å²) in [6, 6.07) is 12.5. The number of hydrogen-bond donors (Lipinski definition) is 0. The molecule has 0 unspecified atom stereocenters. The number of aromatic nitrogens is 1. The Hall–Kier alpha value is -2.33. The van der Waals surface area contributed by atoms with Crippen molar-refractivity contribution in [1.29, 1.82) is 0 Å². The summed E-state index contributed by atoms with van der Waals surface area (Å²) >= 11 is 7.53. The first kappa shape index (κ1) is 22.8. The maximum Gasteiger partial charge on any atom is 0.246 e. The molecule has 0 bridgehead atoms. The average Bonchev–Trinajstić information content (AvgIpc) is 3.28. The first-order valence-electron chi connectivity index (χ1n) is 10.1. The van der Waals surface area contributed by atoms with Gasteiger partial charge in [0.05, 0.1) is 19.9 Å². The summed E-state index contributed by atoms with van der Waals surface area (Å²) in [5.74, 6) is 0.822. The molecule has 1 aliphatic rings. The van der Waals surface area contributed by atoms with Crippen LogP contribution in [0.3, 0.4) is 0 Å². The Morgan fingerprint density at radius 1 is 1.03 bits per heavy atom. The van der Waals surface area contributed by atoms with Gasteiger partial charge >= 0.3 is 0 Å². The Kier molecular flexibility index (Phi) is 6.90. The summed E-state index contributed by atoms with van der Waals surface area (Å²) < 4.78 is 38.4. The summed E-state index contributed by atoms with van der Waals surface area (Å²) in [6.45, 7) is 1.91. The van der Waals surface area contributed by atoms with Crippen molar-refractivity contribution in [1.82, 2.24) is 9.29 Å². The van der Waals surface area contributed by atoms with Crippen molar-refractivity contribution in [3.05, 3.63) is 64.1 Å². The fourth-order valence-corrected chi connectivity index (χ4v) is 6.14. The van der Waals surface area contributed by atoms with Crippen LogP contribution < -0.4 is 14.4 Å². The SMILES string of the molecule is COc1ccc(S(=O)(=O)N2CCN(c3nc(Cc4ccc(Cl)cc4)cs3)CC2)c(OC)c1. The lowest BCUT2D eigenvalue weighted by Crippen LogP contribution is -2.48. The van der Waals surface area contributed by atoms with Gasteiger partial charge in [-0.15, -0.1) is 11.3 Å². The Balaban J connectivity index is 1.42. The molecule has 0 saturated carbocycles. The summed E-state index contributed by atoms with van der Waals surface area (Å²) in [6.07, 6.45) is 0.735. The molecule has 0 amide bonds. The highest BCUT2D eigenvalue weighted by Crippen LogP contribution is 2.32. The minimum atomic E-state index is -3.68. The van der Waals surface area contributed by atoms with Gasteiger partial charge in [-0.25, -0.2) is 13.4 Å². The van der Waals surface area contributed by atoms with Gasteiger partial charge in [0, 0.05) is 49.1 Å². The van der Waals surface area contributed by atoms with Crippen LogP contribution in [0.15, 0.2) is 52.7 Å². The molecular formula is C22H24ClN3O4S2. The third-order valence-corrected chi connectivity index (χ3v) is 8.48. The number of thiazole rings is 1. The lowest BCUT2D eigenvalue weighted by molar-refractivity contribution is 0.370. The molecule has 7 nitrogen and oxygen atoms in total. The quantitative estimate of drug-likeness (QED) is 0.497. The minimum Gasteiger partial charge on any atom is -0.497 e. The molecule has 170 valence electrons. The minimum absolute atomic E-state index is 0.147. The maximum atomic E-state index is 13.2. The molecule has 0 radical (unpaired) electrons. The van der Waals surface area contributed by atoms with Gasteiger partial charge in [-0.05, 0) is 29.8 Å². The summed E-state index contributed by atoms with van der Waals surface area (Å²) in [5.41, 5.74) is 2.14. The monoisotopic (exact) mass is 493 g/mol. The fraction of sp³-hybridized carbons (Fsp3) is 0.318. The highest BCUT2D eigenvalue weighted by Gasteiger charge is 2.31. The molecule has 1 aromatic heterocycles. The van der Waals surface area contributed by atoms with Crippen LogP contribution in [0.5, 0.6) is 11.5 Å².